The number of hydrogen-bond donors (Lipinski definition) is 0. The average molecular weight is 527 g/mol. The Morgan fingerprint density at radius 2 is 1.47 bits per heavy atom. The number of methoxy groups -OCH3 is 1. The molecule has 0 aromatic rings. The predicted octanol–water partition coefficient (Wildman–Crippen LogP) is 7.99. The highest BCUT2D eigenvalue weighted by molar-refractivity contribution is 5.72. The Hall–Kier alpha value is -1.32. The standard InChI is InChI=1S/C34H54O4/c1-21(23(3)29(36)37-9)10-11-22(2)25-14-16-32(8)27-13-12-26-30(5,6)28(38-24(4)35)15-17-33(26)20-34(27,33)19-18-31(25,32)7/h10-11,21-23,25-28H,12-20H2,1-9H3/b11-10+/t21?,22-,23?,25-,26+,27+,28?,31-,32+,33-,34-/m1/s1. The lowest BCUT2D eigenvalue weighted by Gasteiger charge is -2.63. The van der Waals surface area contributed by atoms with Gasteiger partial charge >= 0.3 is 11.9 Å². The van der Waals surface area contributed by atoms with Crippen LogP contribution in [0.1, 0.15) is 113 Å². The normalized spacial score (nSPS) is 47.1. The van der Waals surface area contributed by atoms with Crippen molar-refractivity contribution in [1.29, 1.82) is 0 Å². The van der Waals surface area contributed by atoms with Crippen molar-refractivity contribution < 1.29 is 19.1 Å². The Kier molecular flexibility index (Phi) is 6.76. The maximum absolute atomic E-state index is 12.0. The lowest BCUT2D eigenvalue weighted by atomic mass is 9.42. The number of ether oxygens (including phenoxy) is 2. The van der Waals surface area contributed by atoms with Crippen LogP contribution in [0.3, 0.4) is 0 Å². The van der Waals surface area contributed by atoms with Gasteiger partial charge in [-0.3, -0.25) is 9.59 Å². The Bertz CT molecular complexity index is 998. The van der Waals surface area contributed by atoms with Crippen LogP contribution in [0.15, 0.2) is 12.2 Å². The minimum absolute atomic E-state index is 0.0651. The fourth-order valence-electron chi connectivity index (χ4n) is 11.7. The second-order valence-electron chi connectivity index (χ2n) is 15.5. The van der Waals surface area contributed by atoms with Crippen molar-refractivity contribution in [1.82, 2.24) is 0 Å². The van der Waals surface area contributed by atoms with E-state index < -0.39 is 0 Å². The smallest absolute Gasteiger partial charge is 0.308 e. The fraction of sp³-hybridized carbons (Fsp3) is 0.882. The molecular weight excluding hydrogens is 472 g/mol. The van der Waals surface area contributed by atoms with Gasteiger partial charge in [0.05, 0.1) is 13.0 Å². The van der Waals surface area contributed by atoms with Crippen molar-refractivity contribution in [2.75, 3.05) is 7.11 Å². The van der Waals surface area contributed by atoms with Gasteiger partial charge in [0.15, 0.2) is 0 Å². The molecule has 0 bridgehead atoms. The molecule has 5 saturated carbocycles. The minimum atomic E-state index is -0.119. The summed E-state index contributed by atoms with van der Waals surface area (Å²) in [6.07, 6.45) is 16.5. The third-order valence-corrected chi connectivity index (χ3v) is 14.1. The SMILES string of the molecule is COC(=O)C(C)C(C)/C=C/[C@@H](C)[C@H]1CC[C@@]2(C)[C@@H]3CC[C@H]4C(C)(C)C(OC(C)=O)CC[C@@]45C[C@]35CC[C@]12C. The zero-order valence-corrected chi connectivity index (χ0v) is 25.7. The molecule has 5 fully saturated rings. The topological polar surface area (TPSA) is 52.6 Å². The molecule has 0 heterocycles. The molecule has 5 aliphatic carbocycles. The van der Waals surface area contributed by atoms with E-state index >= 15 is 0 Å². The van der Waals surface area contributed by atoms with Gasteiger partial charge in [0.2, 0.25) is 0 Å². The molecule has 4 nitrogen and oxygen atoms in total. The van der Waals surface area contributed by atoms with Gasteiger partial charge in [-0.2, -0.15) is 0 Å². The molecule has 5 rings (SSSR count). The highest BCUT2D eigenvalue weighted by Crippen LogP contribution is 2.89. The highest BCUT2D eigenvalue weighted by atomic mass is 16.5. The molecule has 0 saturated heterocycles. The summed E-state index contributed by atoms with van der Waals surface area (Å²) in [5.74, 6) is 2.56. The van der Waals surface area contributed by atoms with Gasteiger partial charge in [-0.25, -0.2) is 0 Å². The summed E-state index contributed by atoms with van der Waals surface area (Å²) in [5.41, 5.74) is 1.82. The van der Waals surface area contributed by atoms with Crippen LogP contribution in [0, 0.1) is 62.6 Å². The molecule has 11 atom stereocenters. The van der Waals surface area contributed by atoms with Gasteiger partial charge in [0.25, 0.3) is 0 Å². The second kappa shape index (κ2) is 9.10. The maximum Gasteiger partial charge on any atom is 0.308 e. The Morgan fingerprint density at radius 1 is 0.816 bits per heavy atom. The van der Waals surface area contributed by atoms with Crippen molar-refractivity contribution >= 4 is 11.9 Å². The Balaban J connectivity index is 1.35. The van der Waals surface area contributed by atoms with Crippen molar-refractivity contribution in [2.45, 2.75) is 119 Å². The first kappa shape index (κ1) is 28.2. The zero-order chi connectivity index (χ0) is 27.9. The van der Waals surface area contributed by atoms with Crippen LogP contribution in [0.2, 0.25) is 0 Å². The van der Waals surface area contributed by atoms with E-state index in [1.54, 1.807) is 6.92 Å². The number of hydrogen-bond acceptors (Lipinski definition) is 4. The molecule has 0 amide bonds. The van der Waals surface area contributed by atoms with Gasteiger partial charge in [0.1, 0.15) is 6.10 Å². The largest absolute Gasteiger partial charge is 0.469 e. The van der Waals surface area contributed by atoms with E-state index in [0.29, 0.717) is 39.4 Å². The van der Waals surface area contributed by atoms with Crippen molar-refractivity contribution in [2.24, 2.45) is 62.6 Å². The first-order chi connectivity index (χ1) is 17.7. The number of carbonyl (C=O) groups is 2. The summed E-state index contributed by atoms with van der Waals surface area (Å²) in [6.45, 7) is 18.2. The lowest BCUT2D eigenvalue weighted by molar-refractivity contribution is -0.181. The van der Waals surface area contributed by atoms with E-state index in [-0.39, 0.29) is 35.3 Å². The molecule has 38 heavy (non-hydrogen) atoms. The molecule has 4 heteroatoms. The van der Waals surface area contributed by atoms with Gasteiger partial charge in [-0.1, -0.05) is 60.6 Å². The Morgan fingerprint density at radius 3 is 2.13 bits per heavy atom. The summed E-state index contributed by atoms with van der Waals surface area (Å²) in [6, 6.07) is 0. The third kappa shape index (κ3) is 3.66. The van der Waals surface area contributed by atoms with Gasteiger partial charge < -0.3 is 9.47 Å². The molecule has 2 spiro atoms. The summed E-state index contributed by atoms with van der Waals surface area (Å²) in [4.78, 5) is 23.9. The number of esters is 2. The van der Waals surface area contributed by atoms with Crippen LogP contribution in [0.5, 0.6) is 0 Å². The van der Waals surface area contributed by atoms with E-state index in [0.717, 1.165) is 12.3 Å². The maximum atomic E-state index is 12.0. The molecule has 0 radical (unpaired) electrons. The van der Waals surface area contributed by atoms with Gasteiger partial charge in [0, 0.05) is 12.3 Å². The molecule has 3 unspecified atom stereocenters. The van der Waals surface area contributed by atoms with Gasteiger partial charge in [-0.05, 0) is 109 Å². The quantitative estimate of drug-likeness (QED) is 0.260. The fourth-order valence-corrected chi connectivity index (χ4v) is 11.7. The summed E-state index contributed by atoms with van der Waals surface area (Å²) >= 11 is 0. The molecule has 214 valence electrons. The molecule has 0 aromatic carbocycles. The Labute approximate surface area is 232 Å². The zero-order valence-electron chi connectivity index (χ0n) is 25.7. The number of allylic oxidation sites excluding steroid dienone is 2. The minimum Gasteiger partial charge on any atom is -0.469 e. The predicted molar refractivity (Wildman–Crippen MR) is 151 cm³/mol. The lowest BCUT2D eigenvalue weighted by Crippen LogP contribution is -2.58. The van der Waals surface area contributed by atoms with Crippen LogP contribution in [0.4, 0.5) is 0 Å². The van der Waals surface area contributed by atoms with Crippen LogP contribution >= 0.6 is 0 Å². The summed E-state index contributed by atoms with van der Waals surface area (Å²) in [5, 5.41) is 0. The second-order valence-corrected chi connectivity index (χ2v) is 15.5. The van der Waals surface area contributed by atoms with Crippen molar-refractivity contribution in [3.63, 3.8) is 0 Å². The highest BCUT2D eigenvalue weighted by Gasteiger charge is 2.82. The average Bonchev–Trinajstić information content (AvgIpc) is 3.45. The van der Waals surface area contributed by atoms with Crippen LogP contribution in [-0.2, 0) is 19.1 Å². The van der Waals surface area contributed by atoms with E-state index in [9.17, 15) is 9.59 Å². The molecular formula is C34H54O4. The van der Waals surface area contributed by atoms with E-state index in [1.165, 1.54) is 58.5 Å². The first-order valence-electron chi connectivity index (χ1n) is 15.6. The molecule has 5 aliphatic rings. The monoisotopic (exact) mass is 526 g/mol. The van der Waals surface area contributed by atoms with Crippen LogP contribution in [0.25, 0.3) is 0 Å². The first-order valence-corrected chi connectivity index (χ1v) is 15.6. The number of carbonyl (C=O) groups excluding carboxylic acids is 2. The van der Waals surface area contributed by atoms with Crippen LogP contribution in [-0.4, -0.2) is 25.2 Å². The van der Waals surface area contributed by atoms with Crippen LogP contribution < -0.4 is 0 Å². The number of fused-ring (bicyclic) bond motifs is 2. The summed E-state index contributed by atoms with van der Waals surface area (Å²) < 4.78 is 10.9. The third-order valence-electron chi connectivity index (χ3n) is 14.1. The van der Waals surface area contributed by atoms with E-state index in [2.05, 4.69) is 53.7 Å². The van der Waals surface area contributed by atoms with Crippen molar-refractivity contribution in [3.8, 4) is 0 Å². The molecule has 0 aromatic heterocycles. The summed E-state index contributed by atoms with van der Waals surface area (Å²) in [7, 11) is 1.48. The van der Waals surface area contributed by atoms with E-state index in [1.807, 2.05) is 6.92 Å². The van der Waals surface area contributed by atoms with Crippen molar-refractivity contribution in [3.05, 3.63) is 12.2 Å². The van der Waals surface area contributed by atoms with E-state index in [4.69, 9.17) is 9.47 Å². The molecule has 0 aliphatic heterocycles. The van der Waals surface area contributed by atoms with Gasteiger partial charge in [-0.15, -0.1) is 0 Å². The molecule has 0 N–H and O–H groups in total. The number of rotatable bonds is 6.